The van der Waals surface area contributed by atoms with Gasteiger partial charge in [0.1, 0.15) is 23.1 Å². The normalized spacial score (nSPS) is 16.7. The number of carbonyl (C=O) groups excluding carboxylic acids is 1. The summed E-state index contributed by atoms with van der Waals surface area (Å²) in [5.74, 6) is 0.0232. The van der Waals surface area contributed by atoms with Crippen molar-refractivity contribution in [2.45, 2.75) is 5.25 Å². The van der Waals surface area contributed by atoms with E-state index in [2.05, 4.69) is 10.4 Å². The van der Waals surface area contributed by atoms with Crippen LogP contribution in [0.15, 0.2) is 48.7 Å². The summed E-state index contributed by atoms with van der Waals surface area (Å²) in [4.78, 5) is 12.2. The summed E-state index contributed by atoms with van der Waals surface area (Å²) < 4.78 is 15.6. The van der Waals surface area contributed by atoms with E-state index in [9.17, 15) is 14.3 Å². The van der Waals surface area contributed by atoms with Gasteiger partial charge in [0.25, 0.3) is 0 Å². The number of thioether (sulfide) groups is 1. The molecule has 0 aliphatic carbocycles. The SMILES string of the molecule is O=C1CS[C@@H](c2ccc(O)c(Cl)c2)c2cnn(-c3ccccc3F)c2N1. The Morgan fingerprint density at radius 3 is 2.88 bits per heavy atom. The highest BCUT2D eigenvalue weighted by molar-refractivity contribution is 8.00. The second kappa shape index (κ2) is 6.66. The van der Waals surface area contributed by atoms with Crippen molar-refractivity contribution in [3.63, 3.8) is 0 Å². The van der Waals surface area contributed by atoms with Gasteiger partial charge in [-0.25, -0.2) is 9.07 Å². The van der Waals surface area contributed by atoms with Gasteiger partial charge in [0.15, 0.2) is 0 Å². The number of amides is 1. The first-order valence-corrected chi connectivity index (χ1v) is 9.20. The minimum atomic E-state index is -0.436. The van der Waals surface area contributed by atoms with Crippen LogP contribution in [0.2, 0.25) is 5.02 Å². The molecular weight excluding hydrogens is 377 g/mol. The van der Waals surface area contributed by atoms with E-state index >= 15 is 0 Å². The summed E-state index contributed by atoms with van der Waals surface area (Å²) in [6, 6.07) is 11.2. The number of hydrogen-bond acceptors (Lipinski definition) is 4. The molecule has 0 spiro atoms. The number of nitrogens with zero attached hydrogens (tertiary/aromatic N) is 2. The Balaban J connectivity index is 1.86. The maximum Gasteiger partial charge on any atom is 0.235 e. The van der Waals surface area contributed by atoms with Crippen molar-refractivity contribution >= 4 is 35.1 Å². The van der Waals surface area contributed by atoms with Crippen molar-refractivity contribution in [2.24, 2.45) is 0 Å². The van der Waals surface area contributed by atoms with E-state index in [1.54, 1.807) is 36.5 Å². The fourth-order valence-corrected chi connectivity index (χ4v) is 4.13. The molecule has 1 amide bonds. The summed E-state index contributed by atoms with van der Waals surface area (Å²) >= 11 is 7.46. The van der Waals surface area contributed by atoms with E-state index in [0.29, 0.717) is 5.82 Å². The molecule has 0 radical (unpaired) electrons. The predicted octanol–water partition coefficient (Wildman–Crippen LogP) is 4.15. The Labute approximate surface area is 157 Å². The summed E-state index contributed by atoms with van der Waals surface area (Å²) in [6.45, 7) is 0. The van der Waals surface area contributed by atoms with Crippen LogP contribution in [-0.2, 0) is 4.79 Å². The van der Waals surface area contributed by atoms with Crippen LogP contribution >= 0.6 is 23.4 Å². The number of fused-ring (bicyclic) bond motifs is 1. The zero-order chi connectivity index (χ0) is 18.3. The second-order valence-corrected chi connectivity index (χ2v) is 7.26. The Hall–Kier alpha value is -2.51. The lowest BCUT2D eigenvalue weighted by molar-refractivity contribution is -0.113. The zero-order valence-corrected chi connectivity index (χ0v) is 14.9. The molecule has 0 saturated heterocycles. The van der Waals surface area contributed by atoms with Crippen molar-refractivity contribution in [2.75, 3.05) is 11.1 Å². The van der Waals surface area contributed by atoms with E-state index in [1.807, 2.05) is 0 Å². The molecule has 0 fully saturated rings. The lowest BCUT2D eigenvalue weighted by atomic mass is 10.1. The highest BCUT2D eigenvalue weighted by atomic mass is 35.5. The van der Waals surface area contributed by atoms with Crippen LogP contribution in [-0.4, -0.2) is 26.5 Å². The van der Waals surface area contributed by atoms with Crippen LogP contribution in [0.25, 0.3) is 5.69 Å². The fraction of sp³-hybridized carbons (Fsp3) is 0.111. The smallest absolute Gasteiger partial charge is 0.235 e. The molecule has 1 aliphatic heterocycles. The number of aromatic hydroxyl groups is 1. The molecule has 1 atom stereocenters. The number of benzene rings is 2. The van der Waals surface area contributed by atoms with Crippen LogP contribution in [0.5, 0.6) is 5.75 Å². The van der Waals surface area contributed by atoms with Crippen molar-refractivity contribution < 1.29 is 14.3 Å². The number of hydrogen-bond donors (Lipinski definition) is 2. The first kappa shape index (κ1) is 16.9. The number of nitrogens with one attached hydrogen (secondary N) is 1. The third-order valence-electron chi connectivity index (χ3n) is 4.07. The number of phenolic OH excluding ortho intramolecular Hbond substituents is 1. The number of phenols is 1. The van der Waals surface area contributed by atoms with Crippen molar-refractivity contribution in [1.82, 2.24) is 9.78 Å². The number of halogens is 2. The first-order chi connectivity index (χ1) is 12.5. The number of carbonyl (C=O) groups is 1. The Bertz CT molecular complexity index is 1010. The maximum absolute atomic E-state index is 14.2. The van der Waals surface area contributed by atoms with Gasteiger partial charge < -0.3 is 10.4 Å². The molecular formula is C18H13ClFN3O2S. The summed E-state index contributed by atoms with van der Waals surface area (Å²) in [5, 5.41) is 16.8. The molecule has 2 heterocycles. The molecule has 1 aromatic heterocycles. The average molecular weight is 390 g/mol. The van der Waals surface area contributed by atoms with Gasteiger partial charge >= 0.3 is 0 Å². The summed E-state index contributed by atoms with van der Waals surface area (Å²) in [5.41, 5.74) is 1.82. The monoisotopic (exact) mass is 389 g/mol. The van der Waals surface area contributed by atoms with E-state index in [1.165, 1.54) is 28.6 Å². The van der Waals surface area contributed by atoms with Crippen LogP contribution in [0.3, 0.4) is 0 Å². The highest BCUT2D eigenvalue weighted by Crippen LogP contribution is 2.43. The number of anilines is 1. The topological polar surface area (TPSA) is 67.1 Å². The molecule has 132 valence electrons. The molecule has 3 aromatic rings. The molecule has 0 saturated carbocycles. The Morgan fingerprint density at radius 2 is 2.12 bits per heavy atom. The predicted molar refractivity (Wildman–Crippen MR) is 99.6 cm³/mol. The minimum absolute atomic E-state index is 0.00878. The quantitative estimate of drug-likeness (QED) is 0.691. The van der Waals surface area contributed by atoms with Gasteiger partial charge in [-0.3, -0.25) is 4.79 Å². The van der Waals surface area contributed by atoms with Gasteiger partial charge in [0.2, 0.25) is 5.91 Å². The molecule has 1 aliphatic rings. The van der Waals surface area contributed by atoms with E-state index in [-0.39, 0.29) is 33.4 Å². The largest absolute Gasteiger partial charge is 0.506 e. The number of aromatic nitrogens is 2. The average Bonchev–Trinajstić information content (AvgIpc) is 2.94. The number of rotatable bonds is 2. The van der Waals surface area contributed by atoms with Gasteiger partial charge in [-0.1, -0.05) is 29.8 Å². The van der Waals surface area contributed by atoms with Crippen LogP contribution in [0.4, 0.5) is 10.2 Å². The van der Waals surface area contributed by atoms with Gasteiger partial charge in [-0.15, -0.1) is 11.8 Å². The lowest BCUT2D eigenvalue weighted by Gasteiger charge is -2.15. The van der Waals surface area contributed by atoms with Crippen LogP contribution < -0.4 is 5.32 Å². The third-order valence-corrected chi connectivity index (χ3v) is 5.67. The van der Waals surface area contributed by atoms with E-state index < -0.39 is 5.82 Å². The van der Waals surface area contributed by atoms with Crippen LogP contribution in [0.1, 0.15) is 16.4 Å². The summed E-state index contributed by atoms with van der Waals surface area (Å²) in [6.07, 6.45) is 1.62. The fourth-order valence-electron chi connectivity index (χ4n) is 2.86. The molecule has 5 nitrogen and oxygen atoms in total. The molecule has 0 unspecified atom stereocenters. The highest BCUT2D eigenvalue weighted by Gasteiger charge is 2.29. The van der Waals surface area contributed by atoms with Gasteiger partial charge in [0, 0.05) is 5.56 Å². The molecule has 8 heteroatoms. The zero-order valence-electron chi connectivity index (χ0n) is 13.3. The molecule has 4 rings (SSSR count). The first-order valence-electron chi connectivity index (χ1n) is 7.77. The molecule has 0 bridgehead atoms. The summed E-state index contributed by atoms with van der Waals surface area (Å²) in [7, 11) is 0. The Morgan fingerprint density at radius 1 is 1.31 bits per heavy atom. The van der Waals surface area contributed by atoms with Gasteiger partial charge in [0.05, 0.1) is 22.2 Å². The van der Waals surface area contributed by atoms with Crippen LogP contribution in [0, 0.1) is 5.82 Å². The van der Waals surface area contributed by atoms with E-state index in [4.69, 9.17) is 11.6 Å². The van der Waals surface area contributed by atoms with Gasteiger partial charge in [-0.05, 0) is 29.8 Å². The third kappa shape index (κ3) is 2.93. The lowest BCUT2D eigenvalue weighted by Crippen LogP contribution is -2.16. The second-order valence-electron chi connectivity index (χ2n) is 5.76. The van der Waals surface area contributed by atoms with Crippen molar-refractivity contribution in [3.05, 3.63) is 70.6 Å². The molecule has 26 heavy (non-hydrogen) atoms. The minimum Gasteiger partial charge on any atom is -0.506 e. The van der Waals surface area contributed by atoms with Crippen molar-refractivity contribution in [1.29, 1.82) is 0 Å². The molecule has 2 N–H and O–H groups in total. The molecule has 2 aromatic carbocycles. The maximum atomic E-state index is 14.2. The van der Waals surface area contributed by atoms with E-state index in [0.717, 1.165) is 11.1 Å². The standard InChI is InChI=1S/C18H13ClFN3O2S/c19-12-7-10(5-6-15(12)24)17-11-8-21-23(14-4-2-1-3-13(14)20)18(11)22-16(25)9-26-17/h1-8,17,24H,9H2,(H,22,25)/t17-/m0/s1. The number of para-hydroxylation sites is 1. The Kier molecular flexibility index (Phi) is 4.34. The van der Waals surface area contributed by atoms with Gasteiger partial charge in [-0.2, -0.15) is 5.10 Å². The van der Waals surface area contributed by atoms with Crippen molar-refractivity contribution in [3.8, 4) is 11.4 Å².